The zero-order valence-corrected chi connectivity index (χ0v) is 24.1. The number of hydrogen-bond acceptors (Lipinski definition) is 7. The summed E-state index contributed by atoms with van der Waals surface area (Å²) in [6, 6.07) is 4.08. The van der Waals surface area contributed by atoms with Crippen molar-refractivity contribution in [3.05, 3.63) is 50.2 Å². The largest absolute Gasteiger partial charge is 2.00 e. The number of fused-ring (bicyclic) bond motifs is 1. The van der Waals surface area contributed by atoms with Gasteiger partial charge < -0.3 is 5.11 Å². The van der Waals surface area contributed by atoms with Crippen LogP contribution in [0.1, 0.15) is 124 Å². The van der Waals surface area contributed by atoms with Gasteiger partial charge >= 0.3 is 22.2 Å². The summed E-state index contributed by atoms with van der Waals surface area (Å²) in [6.45, 7) is 3.86. The first-order valence-electron chi connectivity index (χ1n) is 14.4. The molecule has 216 valence electrons. The Morgan fingerprint density at radius 3 is 1.98 bits per heavy atom. The molecule has 0 radical (unpaired) electrons. The first-order chi connectivity index (χ1) is 18.9. The number of carbonyl (C=O) groups is 2. The molecule has 3 aliphatic rings. The smallest absolute Gasteiger partial charge is 0.493 e. The van der Waals surface area contributed by atoms with E-state index in [1.165, 1.54) is 14.0 Å². The van der Waals surface area contributed by atoms with Crippen LogP contribution in [0, 0.1) is 0 Å². The van der Waals surface area contributed by atoms with Gasteiger partial charge in [-0.15, -0.1) is 10.2 Å². The fourth-order valence-corrected chi connectivity index (χ4v) is 6.49. The number of rotatable bonds is 7. The van der Waals surface area contributed by atoms with Crippen molar-refractivity contribution in [2.45, 2.75) is 109 Å². The molecule has 0 saturated heterocycles. The SMILES string of the molecule is CCC(CC)N1C(=O)c2cccc(N=Nc3c(O)n(C4CCCCC4)c(=O)n(C4CCCCC4)c3=O)c2C1=O.[Ni+2]. The van der Waals surface area contributed by atoms with Gasteiger partial charge in [0.2, 0.25) is 11.6 Å². The molecule has 0 unspecified atom stereocenters. The maximum atomic E-state index is 13.6. The van der Waals surface area contributed by atoms with Crippen molar-refractivity contribution in [1.29, 1.82) is 0 Å². The van der Waals surface area contributed by atoms with Crippen LogP contribution in [-0.2, 0) is 16.5 Å². The molecule has 2 amide bonds. The van der Waals surface area contributed by atoms with E-state index in [9.17, 15) is 24.3 Å². The Morgan fingerprint density at radius 2 is 1.40 bits per heavy atom. The average molecular weight is 594 g/mol. The minimum Gasteiger partial charge on any atom is -0.493 e. The molecule has 2 saturated carbocycles. The van der Waals surface area contributed by atoms with Gasteiger partial charge in [0, 0.05) is 18.1 Å². The molecule has 10 nitrogen and oxygen atoms in total. The summed E-state index contributed by atoms with van der Waals surface area (Å²) in [5.74, 6) is -1.29. The van der Waals surface area contributed by atoms with Gasteiger partial charge in [-0.2, -0.15) is 0 Å². The summed E-state index contributed by atoms with van der Waals surface area (Å²) in [4.78, 5) is 55.0. The Bertz CT molecular complexity index is 1420. The fourth-order valence-electron chi connectivity index (χ4n) is 6.49. The molecule has 2 aliphatic carbocycles. The molecule has 1 aromatic heterocycles. The maximum absolute atomic E-state index is 13.6. The number of nitrogens with zero attached hydrogens (tertiary/aromatic N) is 5. The Hall–Kier alpha value is -3.07. The van der Waals surface area contributed by atoms with Gasteiger partial charge in [-0.05, 0) is 50.7 Å². The normalized spacial score (nSPS) is 18.5. The molecule has 11 heteroatoms. The fraction of sp³-hybridized carbons (Fsp3) is 0.586. The molecule has 0 atom stereocenters. The zero-order valence-electron chi connectivity index (χ0n) is 23.1. The quantitative estimate of drug-likeness (QED) is 0.242. The predicted octanol–water partition coefficient (Wildman–Crippen LogP) is 5.92. The molecule has 1 aromatic carbocycles. The molecule has 2 aromatic rings. The second kappa shape index (κ2) is 12.6. The van der Waals surface area contributed by atoms with Crippen LogP contribution in [0.5, 0.6) is 5.88 Å². The van der Waals surface area contributed by atoms with Crippen LogP contribution >= 0.6 is 0 Å². The minimum atomic E-state index is -0.672. The second-order valence-electron chi connectivity index (χ2n) is 10.9. The van der Waals surface area contributed by atoms with Crippen molar-refractivity contribution in [1.82, 2.24) is 14.0 Å². The number of carbonyl (C=O) groups excluding carboxylic acids is 2. The van der Waals surface area contributed by atoms with E-state index in [2.05, 4.69) is 10.2 Å². The first-order valence-corrected chi connectivity index (χ1v) is 14.4. The van der Waals surface area contributed by atoms with Gasteiger partial charge in [0.05, 0.1) is 16.8 Å². The minimum absolute atomic E-state index is 0. The number of hydrogen-bond donors (Lipinski definition) is 1. The Labute approximate surface area is 243 Å². The van der Waals surface area contributed by atoms with Crippen molar-refractivity contribution >= 4 is 23.2 Å². The number of aromatic nitrogens is 2. The number of aromatic hydroxyl groups is 1. The van der Waals surface area contributed by atoms with E-state index in [0.717, 1.165) is 64.2 Å². The summed E-state index contributed by atoms with van der Waals surface area (Å²) in [5, 5.41) is 19.6. The van der Waals surface area contributed by atoms with Crippen LogP contribution in [0.25, 0.3) is 0 Å². The van der Waals surface area contributed by atoms with Crippen molar-refractivity contribution in [3.8, 4) is 5.88 Å². The van der Waals surface area contributed by atoms with Gasteiger partial charge in [0.15, 0.2) is 0 Å². The van der Waals surface area contributed by atoms with Crippen LogP contribution in [0.15, 0.2) is 38.0 Å². The number of amides is 2. The van der Waals surface area contributed by atoms with E-state index < -0.39 is 23.0 Å². The molecular formula is C29H37N5NiO5+2. The van der Waals surface area contributed by atoms with Gasteiger partial charge in [-0.3, -0.25) is 28.4 Å². The van der Waals surface area contributed by atoms with Crippen LogP contribution in [-0.4, -0.2) is 37.0 Å². The van der Waals surface area contributed by atoms with E-state index in [-0.39, 0.29) is 63.0 Å². The van der Waals surface area contributed by atoms with Crippen LogP contribution in [0.4, 0.5) is 11.4 Å². The van der Waals surface area contributed by atoms with Crippen LogP contribution in [0.3, 0.4) is 0 Å². The molecule has 1 aliphatic heterocycles. The van der Waals surface area contributed by atoms with Crippen molar-refractivity contribution in [2.75, 3.05) is 0 Å². The average Bonchev–Trinajstić information content (AvgIpc) is 3.21. The first kappa shape index (κ1) is 29.9. The summed E-state index contributed by atoms with van der Waals surface area (Å²) < 4.78 is 2.60. The molecular weight excluding hydrogens is 557 g/mol. The van der Waals surface area contributed by atoms with Crippen molar-refractivity contribution in [2.24, 2.45) is 10.2 Å². The summed E-state index contributed by atoms with van der Waals surface area (Å²) in [5.41, 5.74) is -0.925. The molecule has 2 fully saturated rings. The summed E-state index contributed by atoms with van der Waals surface area (Å²) in [7, 11) is 0. The van der Waals surface area contributed by atoms with Crippen LogP contribution < -0.4 is 11.2 Å². The number of azo groups is 1. The predicted molar refractivity (Wildman–Crippen MR) is 146 cm³/mol. The molecule has 1 N–H and O–H groups in total. The Kier molecular flexibility index (Phi) is 9.44. The zero-order chi connectivity index (χ0) is 27.7. The van der Waals surface area contributed by atoms with E-state index >= 15 is 0 Å². The maximum Gasteiger partial charge on any atom is 2.00 e. The molecule has 5 rings (SSSR count). The van der Waals surface area contributed by atoms with E-state index in [0.29, 0.717) is 12.8 Å². The van der Waals surface area contributed by atoms with E-state index in [4.69, 9.17) is 0 Å². The Morgan fingerprint density at radius 1 is 0.825 bits per heavy atom. The summed E-state index contributed by atoms with van der Waals surface area (Å²) >= 11 is 0. The molecule has 0 bridgehead atoms. The number of benzene rings is 1. The summed E-state index contributed by atoms with van der Waals surface area (Å²) in [6.07, 6.45) is 10.0. The van der Waals surface area contributed by atoms with Gasteiger partial charge in [-0.25, -0.2) is 4.79 Å². The third kappa shape index (κ3) is 5.20. The van der Waals surface area contributed by atoms with Gasteiger partial charge in [-0.1, -0.05) is 58.4 Å². The van der Waals surface area contributed by atoms with E-state index in [1.54, 1.807) is 18.2 Å². The molecule has 40 heavy (non-hydrogen) atoms. The van der Waals surface area contributed by atoms with Gasteiger partial charge in [0.25, 0.3) is 17.4 Å². The number of imide groups is 1. The molecule has 2 heterocycles. The van der Waals surface area contributed by atoms with Crippen molar-refractivity contribution in [3.63, 3.8) is 0 Å². The third-order valence-corrected chi connectivity index (χ3v) is 8.64. The second-order valence-corrected chi connectivity index (χ2v) is 10.9. The van der Waals surface area contributed by atoms with E-state index in [1.807, 2.05) is 13.8 Å². The third-order valence-electron chi connectivity index (χ3n) is 8.64. The molecule has 0 spiro atoms. The topological polar surface area (TPSA) is 126 Å². The van der Waals surface area contributed by atoms with Gasteiger partial charge in [0.1, 0.15) is 0 Å². The van der Waals surface area contributed by atoms with Crippen molar-refractivity contribution < 1.29 is 31.2 Å². The standard InChI is InChI=1S/C29H37N5O5.Ni/c1-3-18(4-2)32-25(35)21-16-11-17-22(23(21)26(32)36)30-31-24-27(37)33(19-12-7-5-8-13-19)29(39)34(28(24)38)20-14-9-6-10-15-20;/h11,16-20,37H,3-10,12-15H2,1-2H3;/q;+2. The van der Waals surface area contributed by atoms with Crippen LogP contribution in [0.2, 0.25) is 0 Å². The Balaban J connectivity index is 0.00000370. The monoisotopic (exact) mass is 593 g/mol.